The van der Waals surface area contributed by atoms with Gasteiger partial charge < -0.3 is 5.32 Å². The Morgan fingerprint density at radius 1 is 0.885 bits per heavy atom. The van der Waals surface area contributed by atoms with E-state index in [4.69, 9.17) is 0 Å². The van der Waals surface area contributed by atoms with Crippen LogP contribution in [-0.2, 0) is 12.4 Å². The zero-order valence-electron chi connectivity index (χ0n) is 13.9. The molecule has 1 N–H and O–H groups in total. The summed E-state index contributed by atoms with van der Waals surface area (Å²) in [5, 5.41) is 2.34. The Morgan fingerprint density at radius 2 is 1.38 bits per heavy atom. The summed E-state index contributed by atoms with van der Waals surface area (Å²) in [7, 11) is 0. The predicted molar refractivity (Wildman–Crippen MR) is 82.8 cm³/mol. The molecule has 140 valence electrons. The van der Waals surface area contributed by atoms with Crippen LogP contribution in [-0.4, -0.2) is 10.9 Å². The minimum atomic E-state index is -5.02. The second kappa shape index (κ2) is 6.62. The number of nitrogens with one attached hydrogen (secondary N) is 1. The quantitative estimate of drug-likeness (QED) is 0.723. The molecule has 2 aromatic rings. The number of carbonyl (C=O) groups is 1. The number of hydrogen-bond acceptors (Lipinski definition) is 2. The van der Waals surface area contributed by atoms with Gasteiger partial charge in [-0.1, -0.05) is 0 Å². The second-order valence-corrected chi connectivity index (χ2v) is 5.79. The molecule has 0 aliphatic rings. The normalized spacial score (nSPS) is 12.2. The predicted octanol–water partition coefficient (Wildman–Crippen LogP) is 5.30. The molecular weight excluding hydrogens is 362 g/mol. The number of rotatable bonds is 2. The van der Waals surface area contributed by atoms with Crippen molar-refractivity contribution in [3.63, 3.8) is 0 Å². The van der Waals surface area contributed by atoms with Gasteiger partial charge in [-0.15, -0.1) is 0 Å². The summed E-state index contributed by atoms with van der Waals surface area (Å²) in [5.41, 5.74) is -1.94. The van der Waals surface area contributed by atoms with Crippen molar-refractivity contribution in [1.29, 1.82) is 0 Å². The van der Waals surface area contributed by atoms with Crippen LogP contribution in [0.5, 0.6) is 0 Å². The van der Waals surface area contributed by atoms with Gasteiger partial charge in [-0.05, 0) is 50.6 Å². The summed E-state index contributed by atoms with van der Waals surface area (Å²) in [6, 6.07) is 2.38. The van der Waals surface area contributed by atoms with Crippen LogP contribution in [0.3, 0.4) is 0 Å². The van der Waals surface area contributed by atoms with Gasteiger partial charge in [-0.2, -0.15) is 26.3 Å². The maximum Gasteiger partial charge on any atom is 0.416 e. The Hall–Kier alpha value is -2.58. The molecule has 2 rings (SSSR count). The Kier molecular flexibility index (Phi) is 5.03. The molecule has 3 nitrogen and oxygen atoms in total. The van der Waals surface area contributed by atoms with Crippen molar-refractivity contribution in [2.75, 3.05) is 5.32 Å². The van der Waals surface area contributed by atoms with E-state index in [1.54, 1.807) is 26.8 Å². The maximum absolute atomic E-state index is 12.9. The molecule has 0 unspecified atom stereocenters. The topological polar surface area (TPSA) is 42.0 Å². The largest absolute Gasteiger partial charge is 0.416 e. The third-order valence-corrected chi connectivity index (χ3v) is 3.61. The van der Waals surface area contributed by atoms with E-state index in [1.165, 1.54) is 0 Å². The summed E-state index contributed by atoms with van der Waals surface area (Å²) in [6.45, 7) is 4.93. The van der Waals surface area contributed by atoms with Gasteiger partial charge >= 0.3 is 12.4 Å². The van der Waals surface area contributed by atoms with Crippen molar-refractivity contribution in [2.45, 2.75) is 33.1 Å². The summed E-state index contributed by atoms with van der Waals surface area (Å²) >= 11 is 0. The van der Waals surface area contributed by atoms with E-state index in [-0.39, 0.29) is 11.8 Å². The Balaban J connectivity index is 2.49. The minimum Gasteiger partial charge on any atom is -0.320 e. The number of pyridine rings is 1. The number of aromatic nitrogens is 1. The van der Waals surface area contributed by atoms with Crippen LogP contribution in [0.15, 0.2) is 24.3 Å². The van der Waals surface area contributed by atoms with Crippen LogP contribution in [0, 0.1) is 20.8 Å². The van der Waals surface area contributed by atoms with Gasteiger partial charge in [0.15, 0.2) is 0 Å². The average molecular weight is 376 g/mol. The summed E-state index contributed by atoms with van der Waals surface area (Å²) in [4.78, 5) is 16.4. The van der Waals surface area contributed by atoms with Gasteiger partial charge in [-0.3, -0.25) is 9.78 Å². The second-order valence-electron chi connectivity index (χ2n) is 5.79. The number of hydrogen-bond donors (Lipinski definition) is 1. The molecular formula is C17H14F6N2O. The van der Waals surface area contributed by atoms with Crippen molar-refractivity contribution in [3.8, 4) is 0 Å². The van der Waals surface area contributed by atoms with Crippen molar-refractivity contribution in [2.24, 2.45) is 0 Å². The highest BCUT2D eigenvalue weighted by molar-refractivity contribution is 6.05. The van der Waals surface area contributed by atoms with E-state index in [1.807, 2.05) is 0 Å². The number of nitrogens with zero attached hydrogens (tertiary/aromatic N) is 1. The molecule has 1 aromatic carbocycles. The number of halogens is 6. The summed E-state index contributed by atoms with van der Waals surface area (Å²) < 4.78 is 77.3. The first-order valence-corrected chi connectivity index (χ1v) is 7.34. The van der Waals surface area contributed by atoms with Crippen LogP contribution in [0.1, 0.15) is 38.4 Å². The van der Waals surface area contributed by atoms with Crippen LogP contribution in [0.4, 0.5) is 32.0 Å². The number of benzene rings is 1. The van der Waals surface area contributed by atoms with Crippen LogP contribution in [0.2, 0.25) is 0 Å². The zero-order chi connectivity index (χ0) is 19.9. The van der Waals surface area contributed by atoms with E-state index in [0.717, 1.165) is 0 Å². The lowest BCUT2D eigenvalue weighted by molar-refractivity contribution is -0.143. The first-order chi connectivity index (χ1) is 11.8. The molecule has 1 heterocycles. The molecule has 0 bridgehead atoms. The Morgan fingerprint density at radius 3 is 1.81 bits per heavy atom. The highest BCUT2D eigenvalue weighted by Gasteiger charge is 2.37. The SMILES string of the molecule is Cc1cc(C)c(NC(=O)c2cc(C(F)(F)F)cc(C(F)(F)F)c2)c(C)n1. The van der Waals surface area contributed by atoms with E-state index in [2.05, 4.69) is 10.3 Å². The third-order valence-electron chi connectivity index (χ3n) is 3.61. The summed E-state index contributed by atoms with van der Waals surface area (Å²) in [6.07, 6.45) is -10.0. The van der Waals surface area contributed by atoms with E-state index < -0.39 is 35.0 Å². The molecule has 0 saturated carbocycles. The van der Waals surface area contributed by atoms with Crippen molar-refractivity contribution in [3.05, 3.63) is 57.9 Å². The van der Waals surface area contributed by atoms with Gasteiger partial charge in [0, 0.05) is 11.3 Å². The Bertz CT molecular complexity index is 800. The lowest BCUT2D eigenvalue weighted by Crippen LogP contribution is -2.18. The van der Waals surface area contributed by atoms with Crippen molar-refractivity contribution < 1.29 is 31.1 Å². The van der Waals surface area contributed by atoms with Gasteiger partial charge in [0.25, 0.3) is 5.91 Å². The van der Waals surface area contributed by atoms with E-state index >= 15 is 0 Å². The molecule has 0 aliphatic carbocycles. The molecule has 0 spiro atoms. The lowest BCUT2D eigenvalue weighted by atomic mass is 10.0. The van der Waals surface area contributed by atoms with Gasteiger partial charge in [0.05, 0.1) is 22.5 Å². The maximum atomic E-state index is 12.9. The van der Waals surface area contributed by atoms with Gasteiger partial charge in [0.2, 0.25) is 0 Å². The molecule has 0 fully saturated rings. The first-order valence-electron chi connectivity index (χ1n) is 7.34. The smallest absolute Gasteiger partial charge is 0.320 e. The van der Waals surface area contributed by atoms with Crippen LogP contribution < -0.4 is 5.32 Å². The van der Waals surface area contributed by atoms with Gasteiger partial charge in [0.1, 0.15) is 0 Å². The minimum absolute atomic E-state index is 0.0271. The number of aryl methyl sites for hydroxylation is 3. The molecule has 9 heteroatoms. The Labute approximate surface area is 145 Å². The van der Waals surface area contributed by atoms with E-state index in [0.29, 0.717) is 29.1 Å². The standard InChI is InChI=1S/C17H14F6N2O/c1-8-4-9(2)24-10(3)14(8)25-15(26)11-5-12(16(18,19)20)7-13(6-11)17(21,22)23/h4-7H,1-3H3,(H,25,26). The fraction of sp³-hybridized carbons (Fsp3) is 0.294. The summed E-state index contributed by atoms with van der Waals surface area (Å²) in [5.74, 6) is -1.08. The number of carbonyl (C=O) groups excluding carboxylic acids is 1. The highest BCUT2D eigenvalue weighted by atomic mass is 19.4. The van der Waals surface area contributed by atoms with Crippen molar-refractivity contribution in [1.82, 2.24) is 4.98 Å². The first kappa shape index (κ1) is 19.7. The number of anilines is 1. The molecule has 0 radical (unpaired) electrons. The van der Waals surface area contributed by atoms with Gasteiger partial charge in [-0.25, -0.2) is 0 Å². The molecule has 0 aliphatic heterocycles. The number of alkyl halides is 6. The zero-order valence-corrected chi connectivity index (χ0v) is 13.9. The average Bonchev–Trinajstić information content (AvgIpc) is 2.48. The van der Waals surface area contributed by atoms with Crippen LogP contribution >= 0.6 is 0 Å². The monoisotopic (exact) mass is 376 g/mol. The molecule has 26 heavy (non-hydrogen) atoms. The molecule has 1 amide bonds. The van der Waals surface area contributed by atoms with Crippen molar-refractivity contribution >= 4 is 11.6 Å². The fourth-order valence-corrected chi connectivity index (χ4v) is 2.48. The third kappa shape index (κ3) is 4.33. The van der Waals surface area contributed by atoms with Crippen LogP contribution in [0.25, 0.3) is 0 Å². The molecule has 0 atom stereocenters. The lowest BCUT2D eigenvalue weighted by Gasteiger charge is -2.15. The molecule has 0 saturated heterocycles. The highest BCUT2D eigenvalue weighted by Crippen LogP contribution is 2.36. The number of amides is 1. The van der Waals surface area contributed by atoms with E-state index in [9.17, 15) is 31.1 Å². The molecule has 1 aromatic heterocycles. The fourth-order valence-electron chi connectivity index (χ4n) is 2.48.